The SMILES string of the molecule is COc1ccc2cc(C(=O)NC3CCCCC3C(=O)NC(C#N)Cc3ccccc3)n(C)c2c1. The molecule has 4 rings (SSSR count). The number of methoxy groups -OCH3 is 1. The van der Waals surface area contributed by atoms with Crippen molar-refractivity contribution in [3.8, 4) is 11.8 Å². The Morgan fingerprint density at radius 1 is 1.15 bits per heavy atom. The van der Waals surface area contributed by atoms with Gasteiger partial charge >= 0.3 is 0 Å². The van der Waals surface area contributed by atoms with Crippen LogP contribution in [0.1, 0.15) is 41.7 Å². The smallest absolute Gasteiger partial charge is 0.268 e. The number of carbonyl (C=O) groups excluding carboxylic acids is 2. The molecule has 0 radical (unpaired) electrons. The molecule has 7 nitrogen and oxygen atoms in total. The number of carbonyl (C=O) groups is 2. The largest absolute Gasteiger partial charge is 0.497 e. The Balaban J connectivity index is 1.46. The van der Waals surface area contributed by atoms with Crippen LogP contribution in [-0.4, -0.2) is 35.6 Å². The van der Waals surface area contributed by atoms with Crippen LogP contribution >= 0.6 is 0 Å². The summed E-state index contributed by atoms with van der Waals surface area (Å²) in [6, 6.07) is 18.5. The maximum atomic E-state index is 13.2. The maximum absolute atomic E-state index is 13.2. The number of ether oxygens (including phenoxy) is 1. The number of fused-ring (bicyclic) bond motifs is 1. The van der Waals surface area contributed by atoms with Gasteiger partial charge in [-0.2, -0.15) is 5.26 Å². The summed E-state index contributed by atoms with van der Waals surface area (Å²) >= 11 is 0. The lowest BCUT2D eigenvalue weighted by Gasteiger charge is -2.31. The van der Waals surface area contributed by atoms with Gasteiger partial charge in [0.1, 0.15) is 17.5 Å². The molecule has 1 fully saturated rings. The van der Waals surface area contributed by atoms with Gasteiger partial charge in [-0.15, -0.1) is 0 Å². The molecule has 1 aliphatic carbocycles. The predicted molar refractivity (Wildman–Crippen MR) is 130 cm³/mol. The molecule has 34 heavy (non-hydrogen) atoms. The first kappa shape index (κ1) is 23.4. The van der Waals surface area contributed by atoms with E-state index < -0.39 is 6.04 Å². The Morgan fingerprint density at radius 3 is 2.65 bits per heavy atom. The lowest BCUT2D eigenvalue weighted by Crippen LogP contribution is -2.50. The van der Waals surface area contributed by atoms with Crippen LogP contribution in [0.4, 0.5) is 0 Å². The molecule has 0 bridgehead atoms. The number of nitrogens with zero attached hydrogens (tertiary/aromatic N) is 2. The fourth-order valence-corrected chi connectivity index (χ4v) is 4.77. The molecule has 1 aromatic heterocycles. The molecule has 3 unspecified atom stereocenters. The van der Waals surface area contributed by atoms with E-state index in [1.165, 1.54) is 0 Å². The average Bonchev–Trinajstić information content (AvgIpc) is 3.20. The first-order valence-corrected chi connectivity index (χ1v) is 11.7. The molecule has 3 atom stereocenters. The molecule has 1 heterocycles. The van der Waals surface area contributed by atoms with Gasteiger partial charge in [0.2, 0.25) is 5.91 Å². The van der Waals surface area contributed by atoms with E-state index in [1.54, 1.807) is 7.11 Å². The van der Waals surface area contributed by atoms with E-state index in [9.17, 15) is 14.9 Å². The fourth-order valence-electron chi connectivity index (χ4n) is 4.77. The van der Waals surface area contributed by atoms with Crippen molar-refractivity contribution in [1.29, 1.82) is 5.26 Å². The third-order valence-corrected chi connectivity index (χ3v) is 6.66. The Labute approximate surface area is 199 Å². The molecule has 2 N–H and O–H groups in total. The number of hydrogen-bond donors (Lipinski definition) is 2. The summed E-state index contributed by atoms with van der Waals surface area (Å²) < 4.78 is 7.15. The number of nitriles is 1. The van der Waals surface area contributed by atoms with Crippen LogP contribution in [0.5, 0.6) is 5.75 Å². The molecule has 2 aromatic carbocycles. The number of hydrogen-bond acceptors (Lipinski definition) is 4. The van der Waals surface area contributed by atoms with E-state index in [2.05, 4.69) is 16.7 Å². The van der Waals surface area contributed by atoms with Gasteiger partial charge in [0.05, 0.1) is 24.6 Å². The second kappa shape index (κ2) is 10.4. The van der Waals surface area contributed by atoms with Crippen molar-refractivity contribution >= 4 is 22.7 Å². The first-order valence-electron chi connectivity index (χ1n) is 11.7. The zero-order valence-corrected chi connectivity index (χ0v) is 19.6. The van der Waals surface area contributed by atoms with Crippen LogP contribution in [0.25, 0.3) is 10.9 Å². The quantitative estimate of drug-likeness (QED) is 0.564. The lowest BCUT2D eigenvalue weighted by atomic mass is 9.83. The number of nitrogens with one attached hydrogen (secondary N) is 2. The van der Waals surface area contributed by atoms with Crippen molar-refractivity contribution in [2.24, 2.45) is 13.0 Å². The highest BCUT2D eigenvalue weighted by molar-refractivity contribution is 5.99. The van der Waals surface area contributed by atoms with Crippen molar-refractivity contribution in [3.05, 3.63) is 65.9 Å². The topological polar surface area (TPSA) is 96.2 Å². The van der Waals surface area contributed by atoms with Gasteiger partial charge in [-0.1, -0.05) is 43.2 Å². The number of rotatable bonds is 7. The minimum absolute atomic E-state index is 0.172. The monoisotopic (exact) mass is 458 g/mol. The number of benzene rings is 2. The van der Waals surface area contributed by atoms with Gasteiger partial charge in [0, 0.05) is 31.0 Å². The Hall–Kier alpha value is -3.79. The normalized spacial score (nSPS) is 18.6. The van der Waals surface area contributed by atoms with Crippen molar-refractivity contribution in [2.45, 2.75) is 44.2 Å². The van der Waals surface area contributed by atoms with Crippen molar-refractivity contribution in [1.82, 2.24) is 15.2 Å². The zero-order valence-electron chi connectivity index (χ0n) is 19.6. The predicted octanol–water partition coefficient (Wildman–Crippen LogP) is 3.73. The minimum atomic E-state index is -0.610. The second-order valence-electron chi connectivity index (χ2n) is 8.86. The van der Waals surface area contributed by atoms with Crippen LogP contribution < -0.4 is 15.4 Å². The van der Waals surface area contributed by atoms with Crippen LogP contribution in [0.3, 0.4) is 0 Å². The summed E-state index contributed by atoms with van der Waals surface area (Å²) in [5.74, 6) is -0.0101. The molecule has 0 aliphatic heterocycles. The van der Waals surface area contributed by atoms with Gasteiger partial charge in [0.15, 0.2) is 0 Å². The zero-order chi connectivity index (χ0) is 24.1. The van der Waals surface area contributed by atoms with E-state index in [4.69, 9.17) is 4.74 Å². The Kier molecular flexibility index (Phi) is 7.17. The molecular weight excluding hydrogens is 428 g/mol. The molecule has 3 aromatic rings. The summed E-state index contributed by atoms with van der Waals surface area (Å²) in [5, 5.41) is 16.5. The van der Waals surface area contributed by atoms with E-state index >= 15 is 0 Å². The summed E-state index contributed by atoms with van der Waals surface area (Å²) in [5.41, 5.74) is 2.43. The number of aryl methyl sites for hydroxylation is 1. The Morgan fingerprint density at radius 2 is 1.91 bits per heavy atom. The summed E-state index contributed by atoms with van der Waals surface area (Å²) in [6.07, 6.45) is 3.75. The van der Waals surface area contributed by atoms with Crippen molar-refractivity contribution < 1.29 is 14.3 Å². The molecule has 176 valence electrons. The van der Waals surface area contributed by atoms with E-state index in [0.717, 1.165) is 41.5 Å². The van der Waals surface area contributed by atoms with Crippen molar-refractivity contribution in [3.63, 3.8) is 0 Å². The molecule has 2 amide bonds. The average molecular weight is 459 g/mol. The van der Waals surface area contributed by atoms with Crippen LogP contribution in [0, 0.1) is 17.2 Å². The van der Waals surface area contributed by atoms with Crippen LogP contribution in [-0.2, 0) is 18.3 Å². The van der Waals surface area contributed by atoms with Crippen molar-refractivity contribution in [2.75, 3.05) is 7.11 Å². The summed E-state index contributed by atoms with van der Waals surface area (Å²) in [4.78, 5) is 26.3. The van der Waals surface area contributed by atoms with E-state index in [1.807, 2.05) is 66.2 Å². The van der Waals surface area contributed by atoms with E-state index in [0.29, 0.717) is 18.5 Å². The molecule has 0 saturated heterocycles. The highest BCUT2D eigenvalue weighted by atomic mass is 16.5. The van der Waals surface area contributed by atoms with Gasteiger partial charge < -0.3 is 19.9 Å². The highest BCUT2D eigenvalue weighted by Gasteiger charge is 2.33. The third kappa shape index (κ3) is 5.07. The molecule has 1 aliphatic rings. The minimum Gasteiger partial charge on any atom is -0.497 e. The first-order chi connectivity index (χ1) is 16.5. The third-order valence-electron chi connectivity index (χ3n) is 6.66. The summed E-state index contributed by atoms with van der Waals surface area (Å²) in [6.45, 7) is 0. The molecular formula is C27H30N4O3. The van der Waals surface area contributed by atoms with Gasteiger partial charge in [-0.05, 0) is 36.6 Å². The molecule has 1 saturated carbocycles. The van der Waals surface area contributed by atoms with Gasteiger partial charge in [-0.25, -0.2) is 0 Å². The number of aromatic nitrogens is 1. The second-order valence-corrected chi connectivity index (χ2v) is 8.86. The fraction of sp³-hybridized carbons (Fsp3) is 0.370. The highest BCUT2D eigenvalue weighted by Crippen LogP contribution is 2.27. The number of amides is 2. The van der Waals surface area contributed by atoms with Crippen LogP contribution in [0.2, 0.25) is 0 Å². The standard InChI is InChI=1S/C27H30N4O3/c1-31-24-16-21(34-2)13-12-19(24)15-25(31)27(33)30-23-11-7-6-10-22(23)26(32)29-20(17-28)14-18-8-4-3-5-9-18/h3-5,8-9,12-13,15-16,20,22-23H,6-7,10-11,14H2,1-2H3,(H,29,32)(H,30,33). The Bertz CT molecular complexity index is 1210. The van der Waals surface area contributed by atoms with Crippen LogP contribution in [0.15, 0.2) is 54.6 Å². The lowest BCUT2D eigenvalue weighted by molar-refractivity contribution is -0.127. The summed E-state index contributed by atoms with van der Waals surface area (Å²) in [7, 11) is 3.46. The molecule has 0 spiro atoms. The van der Waals surface area contributed by atoms with Gasteiger partial charge in [-0.3, -0.25) is 9.59 Å². The molecule has 7 heteroatoms. The van der Waals surface area contributed by atoms with E-state index in [-0.39, 0.29) is 23.8 Å². The maximum Gasteiger partial charge on any atom is 0.268 e. The van der Waals surface area contributed by atoms with Gasteiger partial charge in [0.25, 0.3) is 5.91 Å².